The Labute approximate surface area is 189 Å². The SMILES string of the molecule is CCNC(=NCc1ccccc1OC(F)F)NCC(C(C)C)N1CCOCC1.I. The van der Waals surface area contributed by atoms with Crippen LogP contribution in [0.3, 0.4) is 0 Å². The lowest BCUT2D eigenvalue weighted by Gasteiger charge is -2.37. The van der Waals surface area contributed by atoms with Crippen LogP contribution in [0.25, 0.3) is 0 Å². The second-order valence-corrected chi connectivity index (χ2v) is 7.02. The zero-order valence-corrected chi connectivity index (χ0v) is 19.7. The van der Waals surface area contributed by atoms with E-state index < -0.39 is 6.61 Å². The van der Waals surface area contributed by atoms with Crippen molar-refractivity contribution in [3.8, 4) is 5.75 Å². The van der Waals surface area contributed by atoms with Gasteiger partial charge in [-0.25, -0.2) is 4.99 Å². The van der Waals surface area contributed by atoms with E-state index in [9.17, 15) is 8.78 Å². The van der Waals surface area contributed by atoms with Crippen molar-refractivity contribution in [2.24, 2.45) is 10.9 Å². The maximum absolute atomic E-state index is 12.6. The fraction of sp³-hybridized carbons (Fsp3) is 0.650. The summed E-state index contributed by atoms with van der Waals surface area (Å²) in [7, 11) is 0. The summed E-state index contributed by atoms with van der Waals surface area (Å²) < 4.78 is 35.2. The Morgan fingerprint density at radius 3 is 2.52 bits per heavy atom. The Balaban J connectivity index is 0.00000420. The van der Waals surface area contributed by atoms with E-state index in [1.165, 1.54) is 6.07 Å². The largest absolute Gasteiger partial charge is 0.434 e. The van der Waals surface area contributed by atoms with Gasteiger partial charge >= 0.3 is 6.61 Å². The normalized spacial score (nSPS) is 16.4. The quantitative estimate of drug-likeness (QED) is 0.294. The number of alkyl halides is 2. The molecular formula is C20H33F2IN4O2. The summed E-state index contributed by atoms with van der Waals surface area (Å²) in [5, 5.41) is 6.61. The molecule has 0 aromatic heterocycles. The lowest BCUT2D eigenvalue weighted by atomic mass is 10.0. The molecule has 1 heterocycles. The Bertz CT molecular complexity index is 614. The molecule has 0 bridgehead atoms. The molecule has 1 aliphatic rings. The number of benzene rings is 1. The first-order chi connectivity index (χ1) is 13.5. The monoisotopic (exact) mass is 526 g/mol. The van der Waals surface area contributed by atoms with Crippen LogP contribution in [0.15, 0.2) is 29.3 Å². The molecule has 0 saturated carbocycles. The molecule has 1 aromatic rings. The molecule has 2 rings (SSSR count). The number of para-hydroxylation sites is 1. The van der Waals surface area contributed by atoms with Crippen molar-refractivity contribution in [3.05, 3.63) is 29.8 Å². The van der Waals surface area contributed by atoms with Gasteiger partial charge in [0.2, 0.25) is 0 Å². The Morgan fingerprint density at radius 2 is 1.90 bits per heavy atom. The molecule has 0 radical (unpaired) electrons. The average molecular weight is 526 g/mol. The number of hydrogen-bond donors (Lipinski definition) is 2. The van der Waals surface area contributed by atoms with Gasteiger partial charge in [0.1, 0.15) is 5.75 Å². The predicted octanol–water partition coefficient (Wildman–Crippen LogP) is 3.32. The van der Waals surface area contributed by atoms with E-state index in [-0.39, 0.29) is 36.3 Å². The maximum Gasteiger partial charge on any atom is 0.387 e. The number of nitrogens with one attached hydrogen (secondary N) is 2. The lowest BCUT2D eigenvalue weighted by Crippen LogP contribution is -2.52. The van der Waals surface area contributed by atoms with Gasteiger partial charge in [-0.2, -0.15) is 8.78 Å². The number of nitrogens with zero attached hydrogens (tertiary/aromatic N) is 2. The molecule has 1 aliphatic heterocycles. The molecule has 9 heteroatoms. The van der Waals surface area contributed by atoms with E-state index in [1.54, 1.807) is 18.2 Å². The molecule has 29 heavy (non-hydrogen) atoms. The van der Waals surface area contributed by atoms with Crippen LogP contribution in [0.5, 0.6) is 5.75 Å². The molecular weight excluding hydrogens is 493 g/mol. The summed E-state index contributed by atoms with van der Waals surface area (Å²) in [6.07, 6.45) is 0. The van der Waals surface area contributed by atoms with E-state index in [2.05, 4.69) is 39.1 Å². The van der Waals surface area contributed by atoms with Crippen molar-refractivity contribution >= 4 is 29.9 Å². The third-order valence-electron chi connectivity index (χ3n) is 4.70. The van der Waals surface area contributed by atoms with Gasteiger partial charge in [-0.05, 0) is 18.9 Å². The fourth-order valence-corrected chi connectivity index (χ4v) is 3.25. The Kier molecular flexibility index (Phi) is 12.4. The molecule has 0 amide bonds. The number of hydrogen-bond acceptors (Lipinski definition) is 4. The van der Waals surface area contributed by atoms with Gasteiger partial charge in [-0.1, -0.05) is 32.0 Å². The summed E-state index contributed by atoms with van der Waals surface area (Å²) in [6.45, 7) is 8.66. The van der Waals surface area contributed by atoms with Crippen LogP contribution >= 0.6 is 24.0 Å². The van der Waals surface area contributed by atoms with Crippen LogP contribution < -0.4 is 15.4 Å². The predicted molar refractivity (Wildman–Crippen MR) is 122 cm³/mol. The van der Waals surface area contributed by atoms with Crippen LogP contribution in [0.1, 0.15) is 26.3 Å². The molecule has 1 fully saturated rings. The second-order valence-electron chi connectivity index (χ2n) is 7.02. The van der Waals surface area contributed by atoms with E-state index in [0.29, 0.717) is 30.0 Å². The highest BCUT2D eigenvalue weighted by atomic mass is 127. The zero-order valence-electron chi connectivity index (χ0n) is 17.4. The van der Waals surface area contributed by atoms with Crippen LogP contribution in [0, 0.1) is 5.92 Å². The maximum atomic E-state index is 12.6. The minimum atomic E-state index is -2.85. The molecule has 0 spiro atoms. The first kappa shape index (κ1) is 25.8. The molecule has 1 atom stereocenters. The number of guanidine groups is 1. The number of halogens is 3. The standard InChI is InChI=1S/C20H32F2N4O2.HI/c1-4-23-20(24-13-16-7-5-6-8-18(16)28-19(21)22)25-14-17(15(2)3)26-9-11-27-12-10-26;/h5-8,15,17,19H,4,9-14H2,1-3H3,(H2,23,24,25);1H. The van der Waals surface area contributed by atoms with Gasteiger partial charge in [0, 0.05) is 37.8 Å². The van der Waals surface area contributed by atoms with E-state index in [0.717, 1.165) is 32.8 Å². The van der Waals surface area contributed by atoms with Crippen LogP contribution in [0.2, 0.25) is 0 Å². The first-order valence-electron chi connectivity index (χ1n) is 9.88. The molecule has 2 N–H and O–H groups in total. The minimum absolute atomic E-state index is 0. The first-order valence-corrected chi connectivity index (χ1v) is 9.88. The molecule has 166 valence electrons. The Morgan fingerprint density at radius 1 is 1.21 bits per heavy atom. The lowest BCUT2D eigenvalue weighted by molar-refractivity contribution is -0.0504. The van der Waals surface area contributed by atoms with Crippen molar-refractivity contribution in [2.45, 2.75) is 40.0 Å². The number of ether oxygens (including phenoxy) is 2. The van der Waals surface area contributed by atoms with Gasteiger partial charge in [0.15, 0.2) is 5.96 Å². The average Bonchev–Trinajstić information content (AvgIpc) is 2.67. The van der Waals surface area contributed by atoms with Crippen LogP contribution in [-0.2, 0) is 11.3 Å². The summed E-state index contributed by atoms with van der Waals surface area (Å²) in [4.78, 5) is 7.00. The second kappa shape index (κ2) is 13.9. The van der Waals surface area contributed by atoms with Gasteiger partial charge in [0.05, 0.1) is 19.8 Å². The van der Waals surface area contributed by atoms with E-state index in [4.69, 9.17) is 4.74 Å². The number of aliphatic imine (C=N–C) groups is 1. The van der Waals surface area contributed by atoms with Gasteiger partial charge in [-0.3, -0.25) is 4.90 Å². The zero-order chi connectivity index (χ0) is 20.4. The van der Waals surface area contributed by atoms with Crippen molar-refractivity contribution in [2.75, 3.05) is 39.4 Å². The number of morpholine rings is 1. The summed E-state index contributed by atoms with van der Waals surface area (Å²) in [5.74, 6) is 1.30. The van der Waals surface area contributed by atoms with Crippen molar-refractivity contribution in [3.63, 3.8) is 0 Å². The van der Waals surface area contributed by atoms with Crippen molar-refractivity contribution < 1.29 is 18.3 Å². The molecule has 0 aliphatic carbocycles. The summed E-state index contributed by atoms with van der Waals surface area (Å²) in [6, 6.07) is 7.10. The molecule has 1 unspecified atom stereocenters. The third kappa shape index (κ3) is 9.00. The van der Waals surface area contributed by atoms with E-state index >= 15 is 0 Å². The highest BCUT2D eigenvalue weighted by molar-refractivity contribution is 14.0. The van der Waals surface area contributed by atoms with Gasteiger partial charge < -0.3 is 20.1 Å². The topological polar surface area (TPSA) is 58.1 Å². The molecule has 6 nitrogen and oxygen atoms in total. The van der Waals surface area contributed by atoms with Crippen LogP contribution in [-0.4, -0.2) is 62.9 Å². The fourth-order valence-electron chi connectivity index (χ4n) is 3.25. The highest BCUT2D eigenvalue weighted by Crippen LogP contribution is 2.21. The smallest absolute Gasteiger partial charge is 0.387 e. The summed E-state index contributed by atoms with van der Waals surface area (Å²) >= 11 is 0. The third-order valence-corrected chi connectivity index (χ3v) is 4.70. The minimum Gasteiger partial charge on any atom is -0.434 e. The number of rotatable bonds is 9. The van der Waals surface area contributed by atoms with Gasteiger partial charge in [-0.15, -0.1) is 24.0 Å². The summed E-state index contributed by atoms with van der Waals surface area (Å²) in [5.41, 5.74) is 0.619. The molecule has 1 aromatic carbocycles. The van der Waals surface area contributed by atoms with Crippen molar-refractivity contribution in [1.29, 1.82) is 0 Å². The van der Waals surface area contributed by atoms with Gasteiger partial charge in [0.25, 0.3) is 0 Å². The van der Waals surface area contributed by atoms with Crippen molar-refractivity contribution in [1.82, 2.24) is 15.5 Å². The Hall–Kier alpha value is -1.20. The molecule has 1 saturated heterocycles. The highest BCUT2D eigenvalue weighted by Gasteiger charge is 2.23. The van der Waals surface area contributed by atoms with Crippen LogP contribution in [0.4, 0.5) is 8.78 Å². The van der Waals surface area contributed by atoms with E-state index in [1.807, 2.05) is 6.92 Å².